The molecule has 9 aliphatic rings. The van der Waals surface area contributed by atoms with Crippen LogP contribution >= 0.6 is 0 Å². The molecule has 0 aliphatic heterocycles. The van der Waals surface area contributed by atoms with Crippen molar-refractivity contribution in [3.05, 3.63) is 0 Å². The Morgan fingerprint density at radius 1 is 0.324 bits per heavy atom. The molecule has 4 spiro atoms. The first-order chi connectivity index (χ1) is 15.1. The van der Waals surface area contributed by atoms with Gasteiger partial charge in [-0.25, -0.2) is 0 Å². The van der Waals surface area contributed by atoms with Gasteiger partial charge < -0.3 is 0 Å². The maximum absolute atomic E-state index is 2.87. The van der Waals surface area contributed by atoms with Crippen molar-refractivity contribution in [1.29, 1.82) is 0 Å². The maximum atomic E-state index is 2.87. The quantitative estimate of drug-likeness (QED) is 0.385. The third-order valence-corrected chi connectivity index (χ3v) is 22.7. The van der Waals surface area contributed by atoms with E-state index in [1.165, 1.54) is 12.8 Å². The van der Waals surface area contributed by atoms with Crippen LogP contribution in [0.1, 0.15) is 124 Å². The summed E-state index contributed by atoms with van der Waals surface area (Å²) in [4.78, 5) is 0. The molecule has 0 nitrogen and oxygen atoms in total. The normalized spacial score (nSPS) is 84.0. The first-order valence-electron chi connectivity index (χ1n) is 15.1. The third-order valence-electron chi connectivity index (χ3n) is 22.7. The van der Waals surface area contributed by atoms with E-state index in [0.29, 0.717) is 86.6 Å². The average Bonchev–Trinajstić information content (AvgIpc) is 2.74. The SMILES string of the molecule is CCCC1(C)C2(C)C3(C)C(C)(C)C4(C)C5(C)C(C)(C)C6(C)C7(C)C(C)(C)C8(C)C1(C)C21C43C56C781. The van der Waals surface area contributed by atoms with Gasteiger partial charge >= 0.3 is 0 Å². The highest BCUT2D eigenvalue weighted by molar-refractivity contribution is 5.87. The van der Waals surface area contributed by atoms with Gasteiger partial charge in [0.1, 0.15) is 0 Å². The predicted octanol–water partition coefficient (Wildman–Crippen LogP) is 8.99. The van der Waals surface area contributed by atoms with Gasteiger partial charge in [0.05, 0.1) is 0 Å². The van der Waals surface area contributed by atoms with Gasteiger partial charge in [-0.2, -0.15) is 0 Å². The van der Waals surface area contributed by atoms with Crippen molar-refractivity contribution < 1.29 is 0 Å². The Kier molecular flexibility index (Phi) is 2.17. The molecule has 0 bridgehead atoms. The Bertz CT molecular complexity index is 1190. The zero-order chi connectivity index (χ0) is 25.4. The molecule has 34 heavy (non-hydrogen) atoms. The van der Waals surface area contributed by atoms with Crippen LogP contribution in [0.5, 0.6) is 0 Å². The van der Waals surface area contributed by atoms with E-state index in [-0.39, 0.29) is 0 Å². The molecule has 0 amide bonds. The molecule has 10 atom stereocenters. The topological polar surface area (TPSA) is 0 Å². The fraction of sp³-hybridized carbons (Fsp3) is 1.00. The molecule has 0 aromatic heterocycles. The van der Waals surface area contributed by atoms with Crippen LogP contribution in [-0.2, 0) is 0 Å². The van der Waals surface area contributed by atoms with E-state index < -0.39 is 0 Å². The zero-order valence-electron chi connectivity index (χ0n) is 25.4. The Morgan fingerprint density at radius 2 is 0.529 bits per heavy atom. The van der Waals surface area contributed by atoms with Crippen molar-refractivity contribution in [3.8, 4) is 0 Å². The summed E-state index contributed by atoms with van der Waals surface area (Å²) in [6, 6.07) is 0. The second-order valence-corrected chi connectivity index (χ2v) is 19.0. The summed E-state index contributed by atoms with van der Waals surface area (Å²) < 4.78 is 0. The zero-order valence-corrected chi connectivity index (χ0v) is 25.4. The minimum absolute atomic E-state index is 0.396. The van der Waals surface area contributed by atoms with Crippen LogP contribution in [0.15, 0.2) is 0 Å². The van der Waals surface area contributed by atoms with Crippen molar-refractivity contribution in [1.82, 2.24) is 0 Å². The maximum Gasteiger partial charge on any atom is -0.00204 e. The molecule has 0 heterocycles. The molecular weight excluding hydrogens is 408 g/mol. The minimum Gasteiger partial charge on any atom is -0.0654 e. The first kappa shape index (κ1) is 21.0. The van der Waals surface area contributed by atoms with Crippen molar-refractivity contribution in [2.24, 2.45) is 86.6 Å². The first-order valence-corrected chi connectivity index (χ1v) is 15.1. The second-order valence-electron chi connectivity index (χ2n) is 19.0. The highest BCUT2D eigenvalue weighted by atomic mass is 15.4. The van der Waals surface area contributed by atoms with E-state index in [9.17, 15) is 0 Å². The summed E-state index contributed by atoms with van der Waals surface area (Å²) in [6.07, 6.45) is 2.76. The van der Waals surface area contributed by atoms with Gasteiger partial charge in [-0.3, -0.25) is 0 Å². The van der Waals surface area contributed by atoms with Crippen LogP contribution in [0, 0.1) is 86.6 Å². The Hall–Kier alpha value is 0. The molecule has 0 saturated heterocycles. The van der Waals surface area contributed by atoms with Crippen LogP contribution in [-0.4, -0.2) is 0 Å². The summed E-state index contributed by atoms with van der Waals surface area (Å²) in [5.41, 5.74) is 7.71. The third kappa shape index (κ3) is 0.635. The lowest BCUT2D eigenvalue weighted by atomic mass is 8.60. The molecule has 188 valence electrons. The molecular formula is C34H52. The number of fused-ring (bicyclic) bond motifs is 4. The second kappa shape index (κ2) is 3.52. The summed E-state index contributed by atoms with van der Waals surface area (Å²) >= 11 is 0. The van der Waals surface area contributed by atoms with E-state index in [0.717, 1.165) is 0 Å². The van der Waals surface area contributed by atoms with Gasteiger partial charge in [0, 0.05) is 0 Å². The van der Waals surface area contributed by atoms with Crippen LogP contribution in [0.3, 0.4) is 0 Å². The minimum atomic E-state index is 0.396. The Balaban J connectivity index is 1.49. The van der Waals surface area contributed by atoms with Gasteiger partial charge in [-0.05, 0) is 93.1 Å². The number of rotatable bonds is 2. The molecule has 0 aromatic rings. The summed E-state index contributed by atoms with van der Waals surface area (Å²) in [7, 11) is 0. The van der Waals surface area contributed by atoms with Gasteiger partial charge in [-0.15, -0.1) is 0 Å². The lowest BCUT2D eigenvalue weighted by molar-refractivity contribution is -0.976. The van der Waals surface area contributed by atoms with Gasteiger partial charge in [0.25, 0.3) is 0 Å². The summed E-state index contributed by atoms with van der Waals surface area (Å²) in [5, 5.41) is 0. The summed E-state index contributed by atoms with van der Waals surface area (Å²) in [5.74, 6) is 0. The number of hydrogen-bond donors (Lipinski definition) is 0. The molecule has 9 fully saturated rings. The fourth-order valence-corrected chi connectivity index (χ4v) is 23.1. The van der Waals surface area contributed by atoms with Crippen molar-refractivity contribution in [2.45, 2.75) is 124 Å². The number of hydrogen-bond acceptors (Lipinski definition) is 0. The van der Waals surface area contributed by atoms with Crippen LogP contribution < -0.4 is 0 Å². The van der Waals surface area contributed by atoms with Gasteiger partial charge in [0.2, 0.25) is 0 Å². The highest BCUT2D eigenvalue weighted by Crippen LogP contribution is 3.44. The van der Waals surface area contributed by atoms with E-state index in [4.69, 9.17) is 0 Å². The lowest BCUT2D eigenvalue weighted by Crippen LogP contribution is -3.41. The van der Waals surface area contributed by atoms with Crippen molar-refractivity contribution in [3.63, 3.8) is 0 Å². The summed E-state index contributed by atoms with van der Waals surface area (Å²) in [6.45, 7) is 44.5. The highest BCUT2D eigenvalue weighted by Gasteiger charge is 3.42. The van der Waals surface area contributed by atoms with Crippen LogP contribution in [0.4, 0.5) is 0 Å². The lowest BCUT2D eigenvalue weighted by Gasteiger charge is -3.42. The predicted molar refractivity (Wildman–Crippen MR) is 139 cm³/mol. The molecule has 9 aliphatic carbocycles. The van der Waals surface area contributed by atoms with Gasteiger partial charge in [0.15, 0.2) is 0 Å². The Labute approximate surface area is 210 Å². The molecule has 0 radical (unpaired) electrons. The molecule has 0 heteroatoms. The monoisotopic (exact) mass is 460 g/mol. The van der Waals surface area contributed by atoms with Crippen LogP contribution in [0.25, 0.3) is 0 Å². The van der Waals surface area contributed by atoms with E-state index in [1.54, 1.807) is 0 Å². The molecule has 9 rings (SSSR count). The smallest absolute Gasteiger partial charge is 0.00204 e. The van der Waals surface area contributed by atoms with Gasteiger partial charge in [-0.1, -0.05) is 117 Å². The average molecular weight is 461 g/mol. The Morgan fingerprint density at radius 3 is 0.765 bits per heavy atom. The van der Waals surface area contributed by atoms with E-state index >= 15 is 0 Å². The van der Waals surface area contributed by atoms with Crippen molar-refractivity contribution >= 4 is 0 Å². The van der Waals surface area contributed by atoms with Crippen LogP contribution in [0.2, 0.25) is 0 Å². The molecule has 0 aromatic carbocycles. The molecule has 10 unspecified atom stereocenters. The molecule has 9 saturated carbocycles. The fourth-order valence-electron chi connectivity index (χ4n) is 23.1. The molecule has 0 N–H and O–H groups in total. The van der Waals surface area contributed by atoms with E-state index in [2.05, 4.69) is 111 Å². The van der Waals surface area contributed by atoms with Crippen molar-refractivity contribution in [2.75, 3.05) is 0 Å². The largest absolute Gasteiger partial charge is 0.0654 e. The van der Waals surface area contributed by atoms with E-state index in [1.807, 2.05) is 0 Å². The standard InChI is InChI=1S/C34H52/c1-17-18-22(8)29(15)27(13)20(4,5)25(11)23(9)19(2,3)24(10)26(12)21(6,7)28(14)30(22,16)34(29)32(25,27)31(23,24)33(26,28)34/h17-18H2,1-16H3.